The lowest BCUT2D eigenvalue weighted by atomic mass is 10.1. The van der Waals surface area contributed by atoms with Crippen LogP contribution in [-0.2, 0) is 9.59 Å². The number of nitrogens with one attached hydrogen (secondary N) is 1. The molecule has 19 heavy (non-hydrogen) atoms. The molecule has 0 spiro atoms. The van der Waals surface area contributed by atoms with Crippen molar-refractivity contribution in [3.8, 4) is 0 Å². The van der Waals surface area contributed by atoms with Gasteiger partial charge in [-0.25, -0.2) is 0 Å². The van der Waals surface area contributed by atoms with E-state index in [-0.39, 0.29) is 6.42 Å². The zero-order valence-electron chi connectivity index (χ0n) is 10.2. The van der Waals surface area contributed by atoms with E-state index < -0.39 is 17.9 Å². The Morgan fingerprint density at radius 3 is 2.74 bits per heavy atom. The maximum absolute atomic E-state index is 11.8. The van der Waals surface area contributed by atoms with E-state index in [2.05, 4.69) is 10.3 Å². The molecule has 1 aromatic carbocycles. The first-order valence-corrected chi connectivity index (χ1v) is 5.76. The molecule has 1 heterocycles. The highest BCUT2D eigenvalue weighted by molar-refractivity contribution is 6.03. The fourth-order valence-electron chi connectivity index (χ4n) is 1.74. The minimum Gasteiger partial charge on any atom is -0.370 e. The molecule has 0 aliphatic rings. The second-order valence-electron chi connectivity index (χ2n) is 4.15. The molecule has 0 aliphatic carbocycles. The number of benzene rings is 1. The van der Waals surface area contributed by atoms with Crippen LogP contribution < -0.4 is 16.8 Å². The molecule has 6 heteroatoms. The molecule has 0 saturated heterocycles. The Morgan fingerprint density at radius 2 is 2.00 bits per heavy atom. The number of nitrogens with zero attached hydrogens (tertiary/aromatic N) is 1. The molecule has 0 radical (unpaired) electrons. The lowest BCUT2D eigenvalue weighted by Crippen LogP contribution is -2.39. The van der Waals surface area contributed by atoms with E-state index in [1.165, 1.54) is 0 Å². The first kappa shape index (κ1) is 13.0. The van der Waals surface area contributed by atoms with Gasteiger partial charge in [0, 0.05) is 11.6 Å². The van der Waals surface area contributed by atoms with Gasteiger partial charge in [-0.1, -0.05) is 18.2 Å². The van der Waals surface area contributed by atoms with Crippen LogP contribution in [0.2, 0.25) is 0 Å². The molecule has 6 nitrogen and oxygen atoms in total. The number of hydrogen-bond acceptors (Lipinski definition) is 4. The van der Waals surface area contributed by atoms with Crippen LogP contribution >= 0.6 is 0 Å². The smallest absolute Gasteiger partial charge is 0.241 e. The molecule has 2 aromatic rings. The van der Waals surface area contributed by atoms with Gasteiger partial charge in [-0.15, -0.1) is 0 Å². The molecule has 1 atom stereocenters. The van der Waals surface area contributed by atoms with E-state index in [9.17, 15) is 9.59 Å². The van der Waals surface area contributed by atoms with Gasteiger partial charge in [0.2, 0.25) is 11.8 Å². The van der Waals surface area contributed by atoms with E-state index in [0.29, 0.717) is 11.2 Å². The van der Waals surface area contributed by atoms with Crippen molar-refractivity contribution < 1.29 is 9.59 Å². The lowest BCUT2D eigenvalue weighted by Gasteiger charge is -2.11. The Balaban J connectivity index is 2.22. The van der Waals surface area contributed by atoms with Crippen molar-refractivity contribution in [3.63, 3.8) is 0 Å². The van der Waals surface area contributed by atoms with Crippen molar-refractivity contribution in [2.45, 2.75) is 12.5 Å². The first-order valence-electron chi connectivity index (χ1n) is 5.76. The van der Waals surface area contributed by atoms with Gasteiger partial charge in [0.15, 0.2) is 0 Å². The predicted octanol–water partition coefficient (Wildman–Crippen LogP) is 0.376. The van der Waals surface area contributed by atoms with Crippen LogP contribution in [0, 0.1) is 0 Å². The number of para-hydroxylation sites is 1. The summed E-state index contributed by atoms with van der Waals surface area (Å²) in [5.74, 6) is -1.07. The third kappa shape index (κ3) is 3.05. The third-order valence-corrected chi connectivity index (χ3v) is 2.65. The van der Waals surface area contributed by atoms with Crippen molar-refractivity contribution in [1.29, 1.82) is 0 Å². The highest BCUT2D eigenvalue weighted by Crippen LogP contribution is 2.20. The van der Waals surface area contributed by atoms with Gasteiger partial charge in [-0.05, 0) is 12.1 Å². The minimum absolute atomic E-state index is 0.190. The Morgan fingerprint density at radius 1 is 1.26 bits per heavy atom. The predicted molar refractivity (Wildman–Crippen MR) is 72.2 cm³/mol. The molecule has 0 saturated carbocycles. The van der Waals surface area contributed by atoms with E-state index in [1.807, 2.05) is 18.2 Å². The highest BCUT2D eigenvalue weighted by atomic mass is 16.2. The van der Waals surface area contributed by atoms with Gasteiger partial charge in [-0.3, -0.25) is 14.6 Å². The van der Waals surface area contributed by atoms with Gasteiger partial charge in [0.25, 0.3) is 0 Å². The highest BCUT2D eigenvalue weighted by Gasteiger charge is 2.16. The quantitative estimate of drug-likeness (QED) is 0.735. The van der Waals surface area contributed by atoms with E-state index in [0.717, 1.165) is 5.39 Å². The van der Waals surface area contributed by atoms with Crippen LogP contribution in [0.1, 0.15) is 6.42 Å². The van der Waals surface area contributed by atoms with Crippen LogP contribution in [-0.4, -0.2) is 22.8 Å². The number of pyridine rings is 1. The number of aromatic nitrogens is 1. The second kappa shape index (κ2) is 5.45. The molecule has 5 N–H and O–H groups in total. The number of carbonyl (C=O) groups is 2. The Labute approximate surface area is 109 Å². The fourth-order valence-corrected chi connectivity index (χ4v) is 1.74. The monoisotopic (exact) mass is 258 g/mol. The summed E-state index contributed by atoms with van der Waals surface area (Å²) in [5.41, 5.74) is 11.8. The zero-order chi connectivity index (χ0) is 13.8. The van der Waals surface area contributed by atoms with Crippen molar-refractivity contribution in [2.24, 2.45) is 11.5 Å². The molecule has 1 aromatic heterocycles. The largest absolute Gasteiger partial charge is 0.370 e. The summed E-state index contributed by atoms with van der Waals surface area (Å²) in [6.07, 6.45) is 1.45. The zero-order valence-corrected chi connectivity index (χ0v) is 10.2. The lowest BCUT2D eigenvalue weighted by molar-refractivity contribution is -0.123. The van der Waals surface area contributed by atoms with Gasteiger partial charge in [0.05, 0.1) is 23.7 Å². The third-order valence-electron chi connectivity index (χ3n) is 2.65. The van der Waals surface area contributed by atoms with Crippen LogP contribution in [0.25, 0.3) is 10.9 Å². The standard InChI is InChI=1S/C13H14N4O2/c14-9(7-11(15)18)13(19)17-10-5-1-3-8-4-2-6-16-12(8)10/h1-6,9H,7,14H2,(H2,15,18)(H,17,19). The van der Waals surface area contributed by atoms with Crippen LogP contribution in [0.15, 0.2) is 36.5 Å². The summed E-state index contributed by atoms with van der Waals surface area (Å²) in [6.45, 7) is 0. The Kier molecular flexibility index (Phi) is 3.72. The molecule has 0 fully saturated rings. The minimum atomic E-state index is -0.962. The number of rotatable bonds is 4. The molecular weight excluding hydrogens is 244 g/mol. The maximum atomic E-state index is 11.8. The van der Waals surface area contributed by atoms with Crippen LogP contribution in [0.3, 0.4) is 0 Å². The summed E-state index contributed by atoms with van der Waals surface area (Å²) in [6, 6.07) is 8.16. The van der Waals surface area contributed by atoms with Crippen LogP contribution in [0.4, 0.5) is 5.69 Å². The molecule has 0 aliphatic heterocycles. The topological polar surface area (TPSA) is 111 Å². The number of anilines is 1. The second-order valence-corrected chi connectivity index (χ2v) is 4.15. The molecule has 2 amide bonds. The van der Waals surface area contributed by atoms with Gasteiger partial charge >= 0.3 is 0 Å². The number of carbonyl (C=O) groups excluding carboxylic acids is 2. The first-order chi connectivity index (χ1) is 9.08. The van der Waals surface area contributed by atoms with Crippen LogP contribution in [0.5, 0.6) is 0 Å². The van der Waals surface area contributed by atoms with E-state index >= 15 is 0 Å². The summed E-state index contributed by atoms with van der Waals surface area (Å²) < 4.78 is 0. The summed E-state index contributed by atoms with van der Waals surface area (Å²) in [4.78, 5) is 26.8. The van der Waals surface area contributed by atoms with E-state index in [1.54, 1.807) is 18.3 Å². The number of hydrogen-bond donors (Lipinski definition) is 3. The average Bonchev–Trinajstić information content (AvgIpc) is 2.38. The van der Waals surface area contributed by atoms with Gasteiger partial charge in [0.1, 0.15) is 0 Å². The normalized spacial score (nSPS) is 12.1. The Bertz CT molecular complexity index is 622. The summed E-state index contributed by atoms with van der Waals surface area (Å²) >= 11 is 0. The van der Waals surface area contributed by atoms with Gasteiger partial charge < -0.3 is 16.8 Å². The molecule has 0 bridgehead atoms. The number of nitrogens with two attached hydrogens (primary N) is 2. The SMILES string of the molecule is NC(=O)CC(N)C(=O)Nc1cccc2cccnc12. The maximum Gasteiger partial charge on any atom is 0.241 e. The number of fused-ring (bicyclic) bond motifs is 1. The summed E-state index contributed by atoms with van der Waals surface area (Å²) in [7, 11) is 0. The van der Waals surface area contributed by atoms with Gasteiger partial charge in [-0.2, -0.15) is 0 Å². The summed E-state index contributed by atoms with van der Waals surface area (Å²) in [5, 5.41) is 3.56. The number of amides is 2. The van der Waals surface area contributed by atoms with Crippen molar-refractivity contribution in [1.82, 2.24) is 4.98 Å². The molecule has 2 rings (SSSR count). The molecular formula is C13H14N4O2. The van der Waals surface area contributed by atoms with Crippen molar-refractivity contribution in [2.75, 3.05) is 5.32 Å². The number of primary amides is 1. The van der Waals surface area contributed by atoms with E-state index in [4.69, 9.17) is 11.5 Å². The molecule has 1 unspecified atom stereocenters. The van der Waals surface area contributed by atoms with Crippen molar-refractivity contribution >= 4 is 28.4 Å². The molecule has 98 valence electrons. The van der Waals surface area contributed by atoms with Crippen molar-refractivity contribution in [3.05, 3.63) is 36.5 Å². The Hall–Kier alpha value is -2.47. The fraction of sp³-hybridized carbons (Fsp3) is 0.154. The average molecular weight is 258 g/mol.